The highest BCUT2D eigenvalue weighted by molar-refractivity contribution is 14.1. The highest BCUT2D eigenvalue weighted by Crippen LogP contribution is 2.32. The Labute approximate surface area is 130 Å². The van der Waals surface area contributed by atoms with E-state index < -0.39 is 0 Å². The van der Waals surface area contributed by atoms with Crippen LogP contribution < -0.4 is 5.32 Å². The standard InChI is InChI=1S/C11H5Cl2FINOS/c12-9-4-6(10(13)18-9)11(17)16-8-2-1-5(14)3-7(8)15/h1-4H,(H,16,17). The van der Waals surface area contributed by atoms with Gasteiger partial charge in [-0.3, -0.25) is 4.79 Å². The zero-order chi connectivity index (χ0) is 13.3. The van der Waals surface area contributed by atoms with Crippen molar-refractivity contribution in [1.82, 2.24) is 0 Å². The Kier molecular flexibility index (Phi) is 4.47. The molecule has 0 unspecified atom stereocenters. The minimum absolute atomic E-state index is 0.312. The molecule has 0 atom stereocenters. The Morgan fingerprint density at radius 1 is 1.33 bits per heavy atom. The second-order valence-corrected chi connectivity index (χ2v) is 6.76. The van der Waals surface area contributed by atoms with Gasteiger partial charge in [0.1, 0.15) is 10.2 Å². The number of nitrogens with one attached hydrogen (secondary N) is 1. The molecule has 2 aromatic rings. The topological polar surface area (TPSA) is 29.1 Å². The van der Waals surface area contributed by atoms with Crippen molar-refractivity contribution in [2.24, 2.45) is 0 Å². The van der Waals surface area contributed by atoms with Crippen molar-refractivity contribution < 1.29 is 9.18 Å². The lowest BCUT2D eigenvalue weighted by atomic mass is 10.2. The Balaban J connectivity index is 2.24. The number of amides is 1. The molecule has 0 aliphatic rings. The number of thiophene rings is 1. The molecule has 2 nitrogen and oxygen atoms in total. The summed E-state index contributed by atoms with van der Waals surface area (Å²) in [6.07, 6.45) is 0. The van der Waals surface area contributed by atoms with Crippen molar-refractivity contribution in [1.29, 1.82) is 0 Å². The molecule has 1 aromatic carbocycles. The predicted molar refractivity (Wildman–Crippen MR) is 81.4 cm³/mol. The van der Waals surface area contributed by atoms with Gasteiger partial charge in [-0.15, -0.1) is 11.3 Å². The van der Waals surface area contributed by atoms with Gasteiger partial charge in [0.05, 0.1) is 15.6 Å². The van der Waals surface area contributed by atoms with E-state index in [1.807, 2.05) is 22.6 Å². The minimum Gasteiger partial charge on any atom is -0.321 e. The molecule has 0 aliphatic heterocycles. The van der Waals surface area contributed by atoms with Crippen LogP contribution in [0.4, 0.5) is 10.1 Å². The number of carbonyl (C=O) groups is 1. The van der Waals surface area contributed by atoms with Crippen LogP contribution in [-0.4, -0.2) is 5.91 Å². The molecular weight excluding hydrogens is 411 g/mol. The van der Waals surface area contributed by atoms with Gasteiger partial charge in [0.15, 0.2) is 0 Å². The van der Waals surface area contributed by atoms with Gasteiger partial charge in [-0.05, 0) is 46.9 Å². The molecule has 1 heterocycles. The summed E-state index contributed by atoms with van der Waals surface area (Å²) in [6.45, 7) is 0. The number of anilines is 1. The molecule has 0 fully saturated rings. The molecule has 7 heteroatoms. The largest absolute Gasteiger partial charge is 0.321 e. The summed E-state index contributed by atoms with van der Waals surface area (Å²) >= 11 is 14.7. The Bertz CT molecular complexity index is 617. The summed E-state index contributed by atoms with van der Waals surface area (Å²) in [5, 5.41) is 2.66. The zero-order valence-electron chi connectivity index (χ0n) is 8.64. The molecular formula is C11H5Cl2FINOS. The number of hydrogen-bond acceptors (Lipinski definition) is 2. The lowest BCUT2D eigenvalue weighted by Gasteiger charge is -2.06. The number of halogens is 4. The van der Waals surface area contributed by atoms with Crippen LogP contribution in [0.15, 0.2) is 24.3 Å². The quantitative estimate of drug-likeness (QED) is 0.683. The Hall–Kier alpha value is -0.370. The van der Waals surface area contributed by atoms with E-state index in [2.05, 4.69) is 5.32 Å². The van der Waals surface area contributed by atoms with Gasteiger partial charge in [0.25, 0.3) is 5.91 Å². The van der Waals surface area contributed by atoms with Gasteiger partial charge < -0.3 is 5.32 Å². The molecule has 0 aliphatic carbocycles. The molecule has 0 saturated heterocycles. The van der Waals surface area contributed by atoms with E-state index >= 15 is 0 Å². The predicted octanol–water partition coefficient (Wildman–Crippen LogP) is 5.05. The molecule has 0 bridgehead atoms. The maximum absolute atomic E-state index is 12.9. The molecule has 94 valence electrons. The SMILES string of the molecule is O=C(Nc1ccc(F)cc1I)c1cc(Cl)sc1Cl. The number of benzene rings is 1. The van der Waals surface area contributed by atoms with Crippen LogP contribution >= 0.6 is 57.1 Å². The molecule has 18 heavy (non-hydrogen) atoms. The van der Waals surface area contributed by atoms with E-state index in [-0.39, 0.29) is 11.7 Å². The van der Waals surface area contributed by atoms with Crippen LogP contribution in [0.25, 0.3) is 0 Å². The summed E-state index contributed by atoms with van der Waals surface area (Å²) in [5.41, 5.74) is 0.840. The Morgan fingerprint density at radius 3 is 2.61 bits per heavy atom. The maximum atomic E-state index is 12.9. The van der Waals surface area contributed by atoms with Crippen molar-refractivity contribution in [3.05, 3.63) is 47.9 Å². The lowest BCUT2D eigenvalue weighted by Crippen LogP contribution is -2.12. The van der Waals surface area contributed by atoms with Crippen LogP contribution in [0.1, 0.15) is 10.4 Å². The highest BCUT2D eigenvalue weighted by Gasteiger charge is 2.15. The summed E-state index contributed by atoms with van der Waals surface area (Å²) < 4.78 is 14.3. The van der Waals surface area contributed by atoms with E-state index in [0.29, 0.717) is 23.5 Å². The molecule has 1 N–H and O–H groups in total. The van der Waals surface area contributed by atoms with Crippen molar-refractivity contribution in [3.63, 3.8) is 0 Å². The first-order valence-corrected chi connectivity index (χ1v) is 7.33. The fourth-order valence-electron chi connectivity index (χ4n) is 1.28. The van der Waals surface area contributed by atoms with E-state index in [9.17, 15) is 9.18 Å². The van der Waals surface area contributed by atoms with E-state index in [1.165, 1.54) is 24.3 Å². The van der Waals surface area contributed by atoms with Gasteiger partial charge in [-0.1, -0.05) is 23.2 Å². The van der Waals surface area contributed by atoms with Gasteiger partial charge in [0.2, 0.25) is 0 Å². The maximum Gasteiger partial charge on any atom is 0.258 e. The normalized spacial score (nSPS) is 10.4. The van der Waals surface area contributed by atoms with Gasteiger partial charge >= 0.3 is 0 Å². The minimum atomic E-state index is -0.368. The summed E-state index contributed by atoms with van der Waals surface area (Å²) in [5.74, 6) is -0.721. The van der Waals surface area contributed by atoms with Crippen LogP contribution in [0.5, 0.6) is 0 Å². The second kappa shape index (κ2) is 5.73. The summed E-state index contributed by atoms with van der Waals surface area (Å²) in [4.78, 5) is 11.9. The van der Waals surface area contributed by atoms with E-state index in [1.54, 1.807) is 0 Å². The van der Waals surface area contributed by atoms with E-state index in [0.717, 1.165) is 11.3 Å². The highest BCUT2D eigenvalue weighted by atomic mass is 127. The first kappa shape index (κ1) is 14.0. The Morgan fingerprint density at radius 2 is 2.06 bits per heavy atom. The lowest BCUT2D eigenvalue weighted by molar-refractivity contribution is 0.102. The molecule has 2 rings (SSSR count). The van der Waals surface area contributed by atoms with E-state index in [4.69, 9.17) is 23.2 Å². The molecule has 0 saturated carbocycles. The summed E-state index contributed by atoms with van der Waals surface area (Å²) in [6, 6.07) is 5.61. The average molecular weight is 416 g/mol. The fourth-order valence-corrected chi connectivity index (χ4v) is 3.35. The molecule has 1 amide bonds. The molecule has 1 aromatic heterocycles. The first-order valence-electron chi connectivity index (χ1n) is 4.68. The smallest absolute Gasteiger partial charge is 0.258 e. The monoisotopic (exact) mass is 415 g/mol. The van der Waals surface area contributed by atoms with Crippen molar-refractivity contribution >= 4 is 68.7 Å². The number of hydrogen-bond donors (Lipinski definition) is 1. The van der Waals surface area contributed by atoms with Crippen molar-refractivity contribution in [2.45, 2.75) is 0 Å². The van der Waals surface area contributed by atoms with Crippen LogP contribution in [0, 0.1) is 9.39 Å². The molecule has 0 spiro atoms. The third-order valence-corrected chi connectivity index (χ3v) is 4.46. The first-order chi connectivity index (χ1) is 8.47. The average Bonchev–Trinajstić information content (AvgIpc) is 2.62. The van der Waals surface area contributed by atoms with Crippen molar-refractivity contribution in [2.75, 3.05) is 5.32 Å². The second-order valence-electron chi connectivity index (χ2n) is 3.32. The van der Waals surface area contributed by atoms with Crippen LogP contribution in [-0.2, 0) is 0 Å². The number of carbonyl (C=O) groups excluding carboxylic acids is 1. The van der Waals surface area contributed by atoms with Crippen molar-refractivity contribution in [3.8, 4) is 0 Å². The van der Waals surface area contributed by atoms with Crippen LogP contribution in [0.3, 0.4) is 0 Å². The van der Waals surface area contributed by atoms with Gasteiger partial charge in [0, 0.05) is 3.57 Å². The van der Waals surface area contributed by atoms with Gasteiger partial charge in [-0.2, -0.15) is 0 Å². The fraction of sp³-hybridized carbons (Fsp3) is 0. The summed E-state index contributed by atoms with van der Waals surface area (Å²) in [7, 11) is 0. The third-order valence-electron chi connectivity index (χ3n) is 2.08. The number of rotatable bonds is 2. The zero-order valence-corrected chi connectivity index (χ0v) is 13.1. The van der Waals surface area contributed by atoms with Gasteiger partial charge in [-0.25, -0.2) is 4.39 Å². The van der Waals surface area contributed by atoms with Crippen LogP contribution in [0.2, 0.25) is 8.67 Å². The third kappa shape index (κ3) is 3.14. The molecule has 0 radical (unpaired) electrons.